The molecule has 1 fully saturated rings. The minimum absolute atomic E-state index is 0.124. The van der Waals surface area contributed by atoms with Crippen molar-refractivity contribution in [2.45, 2.75) is 25.5 Å². The van der Waals surface area contributed by atoms with Crippen LogP contribution in [0.3, 0.4) is 0 Å². The molecule has 0 bridgehead atoms. The predicted octanol–water partition coefficient (Wildman–Crippen LogP) is 2.02. The van der Waals surface area contributed by atoms with Gasteiger partial charge in [-0.25, -0.2) is 4.79 Å². The Labute approximate surface area is 206 Å². The van der Waals surface area contributed by atoms with E-state index in [-0.39, 0.29) is 24.9 Å². The lowest BCUT2D eigenvalue weighted by Crippen LogP contribution is -2.46. The monoisotopic (exact) mass is 500 g/mol. The Balaban J connectivity index is 1.81. The van der Waals surface area contributed by atoms with E-state index in [0.717, 1.165) is 22.1 Å². The largest absolute Gasteiger partial charge is 0.493 e. The van der Waals surface area contributed by atoms with E-state index in [1.165, 1.54) is 20.3 Å². The van der Waals surface area contributed by atoms with E-state index < -0.39 is 22.9 Å². The summed E-state index contributed by atoms with van der Waals surface area (Å²) in [5.74, 6) is 0.0998. The van der Waals surface area contributed by atoms with E-state index in [9.17, 15) is 14.4 Å². The van der Waals surface area contributed by atoms with Crippen molar-refractivity contribution >= 4 is 17.5 Å². The highest BCUT2D eigenvalue weighted by molar-refractivity contribution is 6.31. The van der Waals surface area contributed by atoms with Crippen molar-refractivity contribution in [3.05, 3.63) is 79.6 Å². The van der Waals surface area contributed by atoms with Crippen molar-refractivity contribution in [3.8, 4) is 17.2 Å². The highest BCUT2D eigenvalue weighted by Crippen LogP contribution is 2.28. The Hall–Kier alpha value is -3.63. The van der Waals surface area contributed by atoms with Crippen molar-refractivity contribution < 1.29 is 19.0 Å². The Morgan fingerprint density at radius 1 is 1.17 bits per heavy atom. The van der Waals surface area contributed by atoms with E-state index >= 15 is 0 Å². The molecule has 1 atom stereocenters. The first kappa shape index (κ1) is 24.5. The maximum atomic E-state index is 13.4. The van der Waals surface area contributed by atoms with Crippen LogP contribution >= 0.6 is 11.6 Å². The zero-order chi connectivity index (χ0) is 24.9. The highest BCUT2D eigenvalue weighted by Gasteiger charge is 2.23. The van der Waals surface area contributed by atoms with E-state index in [0.29, 0.717) is 28.7 Å². The lowest BCUT2D eigenvalue weighted by molar-refractivity contribution is 0.0849. The number of hydrogen-bond donors (Lipinski definition) is 1. The Kier molecular flexibility index (Phi) is 7.52. The van der Waals surface area contributed by atoms with Crippen LogP contribution in [0.4, 0.5) is 0 Å². The number of ether oxygens (including phenoxy) is 3. The van der Waals surface area contributed by atoms with Gasteiger partial charge in [0, 0.05) is 24.2 Å². The van der Waals surface area contributed by atoms with Crippen LogP contribution in [-0.2, 0) is 11.3 Å². The topological polar surface area (TPSA) is 114 Å². The molecule has 1 amide bonds. The fraction of sp³-hybridized carbons (Fsp3) is 0.333. The molecule has 0 aliphatic carbocycles. The maximum absolute atomic E-state index is 13.4. The summed E-state index contributed by atoms with van der Waals surface area (Å²) in [4.78, 5) is 39.6. The summed E-state index contributed by atoms with van der Waals surface area (Å²) in [5.41, 5.74) is -1.16. The summed E-state index contributed by atoms with van der Waals surface area (Å²) in [7, 11) is 2.95. The summed E-state index contributed by atoms with van der Waals surface area (Å²) in [6, 6.07) is 11.6. The van der Waals surface area contributed by atoms with Crippen molar-refractivity contribution in [2.24, 2.45) is 0 Å². The number of halogens is 1. The molecule has 2 aromatic carbocycles. The van der Waals surface area contributed by atoms with Crippen molar-refractivity contribution in [2.75, 3.05) is 27.4 Å². The molecular weight excluding hydrogens is 476 g/mol. The average Bonchev–Trinajstić information content (AvgIpc) is 3.39. The van der Waals surface area contributed by atoms with Crippen molar-refractivity contribution in [3.63, 3.8) is 0 Å². The molecule has 3 aromatic rings. The van der Waals surface area contributed by atoms with Crippen molar-refractivity contribution in [1.82, 2.24) is 19.7 Å². The van der Waals surface area contributed by atoms with Crippen LogP contribution in [0.1, 0.15) is 28.9 Å². The quantitative estimate of drug-likeness (QED) is 0.503. The fourth-order valence-corrected chi connectivity index (χ4v) is 4.01. The minimum Gasteiger partial charge on any atom is -0.493 e. The Morgan fingerprint density at radius 2 is 1.94 bits per heavy atom. The molecule has 1 aromatic heterocycles. The summed E-state index contributed by atoms with van der Waals surface area (Å²) < 4.78 is 18.0. The zero-order valence-corrected chi connectivity index (χ0v) is 20.1. The van der Waals surface area contributed by atoms with E-state index in [2.05, 4.69) is 10.4 Å². The SMILES string of the molecule is COc1ccc(-n2nc(C(=O)NC[C@@H]3CCCO3)c(=O)n(Cc3ccccc3Cl)c2=O)cc1OC. The van der Waals surface area contributed by atoms with E-state index in [1.54, 1.807) is 36.4 Å². The number of amides is 1. The van der Waals surface area contributed by atoms with Crippen LogP contribution in [0, 0.1) is 0 Å². The summed E-state index contributed by atoms with van der Waals surface area (Å²) >= 11 is 6.27. The Bertz CT molecular complexity index is 1350. The van der Waals surface area contributed by atoms with Crippen molar-refractivity contribution in [1.29, 1.82) is 0 Å². The third-order valence-corrected chi connectivity index (χ3v) is 6.06. The standard InChI is InChI=1S/C24H25ClN4O6/c1-33-19-10-9-16(12-20(19)34-2)29-24(32)28(14-15-6-3-4-8-18(15)25)23(31)21(27-29)22(30)26-13-17-7-5-11-35-17/h3-4,6,8-10,12,17H,5,7,11,13-14H2,1-2H3,(H,26,30)/t17-/m0/s1. The molecule has 0 unspecified atom stereocenters. The number of aromatic nitrogens is 3. The fourth-order valence-electron chi connectivity index (χ4n) is 3.81. The van der Waals surface area contributed by atoms with Crippen LogP contribution in [0.15, 0.2) is 52.1 Å². The number of hydrogen-bond acceptors (Lipinski definition) is 7. The zero-order valence-electron chi connectivity index (χ0n) is 19.3. The molecule has 0 spiro atoms. The first-order valence-electron chi connectivity index (χ1n) is 11.0. The molecule has 0 saturated carbocycles. The molecule has 1 aliphatic heterocycles. The summed E-state index contributed by atoms with van der Waals surface area (Å²) in [6.45, 7) is 0.729. The third kappa shape index (κ3) is 5.23. The van der Waals surface area contributed by atoms with E-state index in [1.807, 2.05) is 0 Å². The Morgan fingerprint density at radius 3 is 2.63 bits per heavy atom. The number of nitrogens with one attached hydrogen (secondary N) is 1. The lowest BCUT2D eigenvalue weighted by atomic mass is 10.2. The number of benzene rings is 2. The second-order valence-corrected chi connectivity index (χ2v) is 8.32. The van der Waals surface area contributed by atoms with Gasteiger partial charge in [0.1, 0.15) is 0 Å². The molecular formula is C24H25ClN4O6. The van der Waals surface area contributed by atoms with Crippen LogP contribution in [0.25, 0.3) is 5.69 Å². The first-order chi connectivity index (χ1) is 16.9. The summed E-state index contributed by atoms with van der Waals surface area (Å²) in [6.07, 6.45) is 1.60. The van der Waals surface area contributed by atoms with Gasteiger partial charge in [0.05, 0.1) is 32.6 Å². The van der Waals surface area contributed by atoms with Gasteiger partial charge in [-0.1, -0.05) is 29.8 Å². The van der Waals surface area contributed by atoms with Gasteiger partial charge < -0.3 is 19.5 Å². The second-order valence-electron chi connectivity index (χ2n) is 7.91. The molecule has 1 N–H and O–H groups in total. The highest BCUT2D eigenvalue weighted by atomic mass is 35.5. The van der Waals surface area contributed by atoms with Crippen LogP contribution < -0.4 is 26.0 Å². The molecule has 0 radical (unpaired) electrons. The van der Waals surface area contributed by atoms with Crippen LogP contribution in [0.5, 0.6) is 11.5 Å². The number of methoxy groups -OCH3 is 2. The molecule has 35 heavy (non-hydrogen) atoms. The van der Waals surface area contributed by atoms with Gasteiger partial charge in [-0.3, -0.25) is 14.2 Å². The smallest absolute Gasteiger partial charge is 0.352 e. The molecule has 2 heterocycles. The van der Waals surface area contributed by atoms with Gasteiger partial charge in [-0.2, -0.15) is 9.78 Å². The van der Waals surface area contributed by atoms with Gasteiger partial charge in [0.2, 0.25) is 5.69 Å². The lowest BCUT2D eigenvalue weighted by Gasteiger charge is -2.15. The van der Waals surface area contributed by atoms with Gasteiger partial charge in [-0.15, -0.1) is 0 Å². The molecule has 4 rings (SSSR count). The molecule has 11 heteroatoms. The van der Waals surface area contributed by atoms with Gasteiger partial charge in [-0.05, 0) is 36.6 Å². The van der Waals surface area contributed by atoms with Gasteiger partial charge in [0.25, 0.3) is 11.5 Å². The minimum atomic E-state index is -0.823. The van der Waals surface area contributed by atoms with Gasteiger partial charge >= 0.3 is 5.69 Å². The normalized spacial score (nSPS) is 15.1. The average molecular weight is 501 g/mol. The molecule has 1 saturated heterocycles. The second kappa shape index (κ2) is 10.7. The third-order valence-electron chi connectivity index (χ3n) is 5.69. The molecule has 1 aliphatic rings. The number of nitrogens with zero attached hydrogens (tertiary/aromatic N) is 3. The number of rotatable bonds is 8. The first-order valence-corrected chi connectivity index (χ1v) is 11.4. The van der Waals surface area contributed by atoms with Gasteiger partial charge in [0.15, 0.2) is 11.5 Å². The maximum Gasteiger partial charge on any atom is 0.352 e. The van der Waals surface area contributed by atoms with Crippen LogP contribution in [0.2, 0.25) is 5.02 Å². The molecule has 184 valence electrons. The number of carbonyl (C=O) groups excluding carboxylic acids is 1. The summed E-state index contributed by atoms with van der Waals surface area (Å²) in [5, 5.41) is 7.22. The molecule has 10 nitrogen and oxygen atoms in total. The number of carbonyl (C=O) groups is 1. The van der Waals surface area contributed by atoms with Crippen LogP contribution in [-0.4, -0.2) is 53.7 Å². The predicted molar refractivity (Wildman–Crippen MR) is 129 cm³/mol. The van der Waals surface area contributed by atoms with E-state index in [4.69, 9.17) is 25.8 Å².